The molecule has 0 saturated carbocycles. The summed E-state index contributed by atoms with van der Waals surface area (Å²) in [4.78, 5) is 22.2. The summed E-state index contributed by atoms with van der Waals surface area (Å²) in [5, 5.41) is 0.491. The Morgan fingerprint density at radius 3 is 2.22 bits per heavy atom. The van der Waals surface area contributed by atoms with Crippen molar-refractivity contribution >= 4 is 28.4 Å². The number of nitrogens with zero attached hydrogens (tertiary/aromatic N) is 4. The van der Waals surface area contributed by atoms with Crippen molar-refractivity contribution in [2.75, 3.05) is 25.0 Å². The van der Waals surface area contributed by atoms with E-state index in [2.05, 4.69) is 75.2 Å². The molecule has 200 valence electrons. The third-order valence-corrected chi connectivity index (χ3v) is 7.09. The topological polar surface area (TPSA) is 58.6 Å². The second-order valence-electron chi connectivity index (χ2n) is 11.8. The molecule has 1 heterocycles. The summed E-state index contributed by atoms with van der Waals surface area (Å²) in [6.07, 6.45) is 0.497. The summed E-state index contributed by atoms with van der Waals surface area (Å²) in [7, 11) is 2.13. The van der Waals surface area contributed by atoms with Crippen LogP contribution in [-0.2, 0) is 16.6 Å². The van der Waals surface area contributed by atoms with E-state index >= 15 is 0 Å². The van der Waals surface area contributed by atoms with E-state index in [0.29, 0.717) is 11.0 Å². The van der Waals surface area contributed by atoms with E-state index in [-0.39, 0.29) is 5.41 Å². The molecule has 0 N–H and O–H groups in total. The Morgan fingerprint density at radius 2 is 1.65 bits per heavy atom. The summed E-state index contributed by atoms with van der Waals surface area (Å²) >= 11 is 1.20. The van der Waals surface area contributed by atoms with Gasteiger partial charge in [0, 0.05) is 23.6 Å². The van der Waals surface area contributed by atoms with E-state index < -0.39 is 11.7 Å². The van der Waals surface area contributed by atoms with Crippen LogP contribution in [0, 0.1) is 13.8 Å². The van der Waals surface area contributed by atoms with Gasteiger partial charge in [0.05, 0.1) is 5.69 Å². The number of ether oxygens (including phenoxy) is 1. The zero-order valence-electron chi connectivity index (χ0n) is 24.1. The van der Waals surface area contributed by atoms with Gasteiger partial charge in [-0.3, -0.25) is 0 Å². The Balaban J connectivity index is 2.00. The number of hydrogen-bond donors (Lipinski definition) is 0. The van der Waals surface area contributed by atoms with E-state index in [1.165, 1.54) is 22.7 Å². The van der Waals surface area contributed by atoms with Crippen molar-refractivity contribution in [3.05, 3.63) is 58.7 Å². The Labute approximate surface area is 226 Å². The molecule has 7 heteroatoms. The van der Waals surface area contributed by atoms with E-state index in [1.807, 2.05) is 39.8 Å². The van der Waals surface area contributed by atoms with Gasteiger partial charge >= 0.3 is 6.09 Å². The highest BCUT2D eigenvalue weighted by Crippen LogP contribution is 2.35. The first kappa shape index (κ1) is 28.8. The average molecular weight is 523 g/mol. The Morgan fingerprint density at radius 1 is 1.00 bits per heavy atom. The van der Waals surface area contributed by atoms with Gasteiger partial charge in [-0.25, -0.2) is 9.69 Å². The molecule has 0 fully saturated rings. The molecule has 0 atom stereocenters. The first-order chi connectivity index (χ1) is 17.2. The predicted molar refractivity (Wildman–Crippen MR) is 155 cm³/mol. The van der Waals surface area contributed by atoms with E-state index in [4.69, 9.17) is 9.72 Å². The molecule has 3 rings (SSSR count). The van der Waals surface area contributed by atoms with Crippen LogP contribution in [0.3, 0.4) is 0 Å². The number of rotatable bonds is 7. The number of benzene rings is 2. The van der Waals surface area contributed by atoms with Crippen LogP contribution in [0.5, 0.6) is 0 Å². The molecule has 0 aliphatic rings. The van der Waals surface area contributed by atoms with Crippen LogP contribution >= 0.6 is 11.5 Å². The molecule has 1 amide bonds. The van der Waals surface area contributed by atoms with E-state index in [9.17, 15) is 4.79 Å². The fourth-order valence-electron chi connectivity index (χ4n) is 3.97. The fraction of sp³-hybridized carbons (Fsp3) is 0.500. The number of amides is 1. The lowest BCUT2D eigenvalue weighted by Gasteiger charge is -2.27. The average Bonchev–Trinajstić information content (AvgIpc) is 3.28. The predicted octanol–water partition coefficient (Wildman–Crippen LogP) is 7.69. The summed E-state index contributed by atoms with van der Waals surface area (Å²) in [6.45, 7) is 20.5. The summed E-state index contributed by atoms with van der Waals surface area (Å²) < 4.78 is 10.4. The SMILES string of the molecule is CCN(C)CCc1cc(C)c(N(C(=O)OC(C)(C)C)c2nc(-c3ccc(C(C)(C)C)cc3)ns2)cc1C. The van der Waals surface area contributed by atoms with Crippen LogP contribution < -0.4 is 4.90 Å². The number of aryl methyl sites for hydroxylation is 2. The molecule has 0 spiro atoms. The third kappa shape index (κ3) is 7.39. The van der Waals surface area contributed by atoms with Gasteiger partial charge in [0.15, 0.2) is 5.82 Å². The van der Waals surface area contributed by atoms with Gasteiger partial charge in [-0.1, -0.05) is 58.0 Å². The standard InChI is InChI=1S/C30H42N4O2S/c1-11-33(10)17-16-23-18-21(3)25(19-20(23)2)34(28(35)36-30(7,8)9)27-31-26(32-37-27)22-12-14-24(15-13-22)29(4,5)6/h12-15,18-19H,11,16-17H2,1-10H3. The molecule has 0 aliphatic heterocycles. The van der Waals surface area contributed by atoms with Crippen molar-refractivity contribution in [2.24, 2.45) is 0 Å². The second-order valence-corrected chi connectivity index (χ2v) is 12.5. The van der Waals surface area contributed by atoms with Crippen molar-refractivity contribution in [2.45, 2.75) is 79.8 Å². The number of carbonyl (C=O) groups excluding carboxylic acids is 1. The number of hydrogen-bond acceptors (Lipinski definition) is 6. The van der Waals surface area contributed by atoms with Gasteiger partial charge in [-0.2, -0.15) is 9.36 Å². The number of likely N-dealkylation sites (N-methyl/N-ethyl adjacent to an activating group) is 1. The number of anilines is 2. The zero-order valence-corrected chi connectivity index (χ0v) is 24.9. The first-order valence-electron chi connectivity index (χ1n) is 13.0. The molecular weight excluding hydrogens is 480 g/mol. The van der Waals surface area contributed by atoms with Crippen LogP contribution in [0.15, 0.2) is 36.4 Å². The largest absolute Gasteiger partial charge is 0.443 e. The van der Waals surface area contributed by atoms with Crippen molar-refractivity contribution in [1.82, 2.24) is 14.3 Å². The summed E-state index contributed by atoms with van der Waals surface area (Å²) in [5.41, 5.74) is 5.78. The molecule has 3 aromatic rings. The van der Waals surface area contributed by atoms with Gasteiger partial charge in [0.25, 0.3) is 0 Å². The maximum absolute atomic E-state index is 13.5. The lowest BCUT2D eigenvalue weighted by molar-refractivity contribution is 0.0599. The van der Waals surface area contributed by atoms with Gasteiger partial charge in [-0.15, -0.1) is 0 Å². The molecule has 2 aromatic carbocycles. The Kier molecular flexibility index (Phi) is 8.81. The minimum atomic E-state index is -0.640. The van der Waals surface area contributed by atoms with Gasteiger partial charge in [0.1, 0.15) is 5.60 Å². The maximum atomic E-state index is 13.5. The molecular formula is C30H42N4O2S. The van der Waals surface area contributed by atoms with Crippen molar-refractivity contribution in [3.63, 3.8) is 0 Å². The number of carbonyl (C=O) groups is 1. The van der Waals surface area contributed by atoms with E-state index in [0.717, 1.165) is 41.9 Å². The summed E-state index contributed by atoms with van der Waals surface area (Å²) in [6, 6.07) is 12.6. The molecule has 6 nitrogen and oxygen atoms in total. The molecule has 0 aliphatic carbocycles. The van der Waals surface area contributed by atoms with Crippen LogP contribution in [0.1, 0.15) is 70.7 Å². The third-order valence-electron chi connectivity index (χ3n) is 6.39. The smallest absolute Gasteiger partial charge is 0.421 e. The van der Waals surface area contributed by atoms with Crippen molar-refractivity contribution in [1.29, 1.82) is 0 Å². The highest BCUT2D eigenvalue weighted by Gasteiger charge is 2.29. The normalized spacial score (nSPS) is 12.2. The maximum Gasteiger partial charge on any atom is 0.421 e. The quantitative estimate of drug-likeness (QED) is 0.318. The lowest BCUT2D eigenvalue weighted by Crippen LogP contribution is -2.34. The minimum absolute atomic E-state index is 0.0697. The number of aromatic nitrogens is 2. The Bertz CT molecular complexity index is 1220. The molecule has 0 unspecified atom stereocenters. The molecule has 0 radical (unpaired) electrons. The van der Waals surface area contributed by atoms with Crippen molar-refractivity contribution in [3.8, 4) is 11.4 Å². The highest BCUT2D eigenvalue weighted by molar-refractivity contribution is 7.10. The Hall–Kier alpha value is -2.77. The second kappa shape index (κ2) is 11.3. The van der Waals surface area contributed by atoms with Gasteiger partial charge in [-0.05, 0) is 88.4 Å². The lowest BCUT2D eigenvalue weighted by atomic mass is 9.87. The van der Waals surface area contributed by atoms with Crippen LogP contribution in [-0.4, -0.2) is 46.1 Å². The van der Waals surface area contributed by atoms with E-state index in [1.54, 1.807) is 4.90 Å². The molecule has 37 heavy (non-hydrogen) atoms. The summed E-state index contributed by atoms with van der Waals surface area (Å²) in [5.74, 6) is 0.600. The molecule has 0 bridgehead atoms. The van der Waals surface area contributed by atoms with Gasteiger partial charge in [0.2, 0.25) is 5.13 Å². The first-order valence-corrected chi connectivity index (χ1v) is 13.7. The van der Waals surface area contributed by atoms with Crippen LogP contribution in [0.4, 0.5) is 15.6 Å². The van der Waals surface area contributed by atoms with Crippen molar-refractivity contribution < 1.29 is 9.53 Å². The monoisotopic (exact) mass is 522 g/mol. The van der Waals surface area contributed by atoms with Crippen LogP contribution in [0.25, 0.3) is 11.4 Å². The minimum Gasteiger partial charge on any atom is -0.443 e. The fourth-order valence-corrected chi connectivity index (χ4v) is 4.67. The molecule has 1 aromatic heterocycles. The van der Waals surface area contributed by atoms with Gasteiger partial charge < -0.3 is 9.64 Å². The highest BCUT2D eigenvalue weighted by atomic mass is 32.1. The molecule has 0 saturated heterocycles. The zero-order chi connectivity index (χ0) is 27.5. The van der Waals surface area contributed by atoms with Crippen LogP contribution in [0.2, 0.25) is 0 Å².